The summed E-state index contributed by atoms with van der Waals surface area (Å²) in [6.45, 7) is 2.83. The number of aromatic amines is 1. The summed E-state index contributed by atoms with van der Waals surface area (Å²) in [6, 6.07) is 7.81. The number of rotatable bonds is 7. The van der Waals surface area contributed by atoms with Gasteiger partial charge in [-0.2, -0.15) is 0 Å². The number of halogens is 3. The van der Waals surface area contributed by atoms with Crippen molar-refractivity contribution in [1.29, 1.82) is 0 Å². The molecule has 2 saturated heterocycles. The molecule has 0 radical (unpaired) electrons. The zero-order valence-electron chi connectivity index (χ0n) is 21.0. The van der Waals surface area contributed by atoms with E-state index in [-0.39, 0.29) is 11.4 Å². The van der Waals surface area contributed by atoms with Gasteiger partial charge in [-0.05, 0) is 86.7 Å². The Balaban J connectivity index is 1.10. The molecule has 3 heterocycles. The third kappa shape index (κ3) is 5.65. The Morgan fingerprint density at radius 3 is 2.50 bits per heavy atom. The molecule has 3 N–H and O–H groups in total. The Bertz CT molecular complexity index is 1330. The summed E-state index contributed by atoms with van der Waals surface area (Å²) >= 11 is 0. The van der Waals surface area contributed by atoms with Crippen LogP contribution >= 0.6 is 0 Å². The standard InChI is InChI=1S/C29H32F3N3O3/c30-21-2-4-26-22(16-21)23(17-33-26)19-5-10-35(11-6-19)18-28(37)29(38)8-13-34(14-9-29)12-7-27(36)20-1-3-24(31)25(32)15-20/h1-4,7,12,15-17,19,28,33,37-38H,5-6,8-11,13-14,18H2. The number of aliphatic hydroxyl groups excluding tert-OH is 1. The van der Waals surface area contributed by atoms with Crippen molar-refractivity contribution in [3.05, 3.63) is 83.4 Å². The van der Waals surface area contributed by atoms with Crippen LogP contribution in [0.4, 0.5) is 13.2 Å². The fourth-order valence-corrected chi connectivity index (χ4v) is 5.61. The predicted molar refractivity (Wildman–Crippen MR) is 138 cm³/mol. The van der Waals surface area contributed by atoms with Gasteiger partial charge in [0, 0.05) is 54.6 Å². The highest BCUT2D eigenvalue weighted by molar-refractivity contribution is 6.04. The van der Waals surface area contributed by atoms with Gasteiger partial charge in [0.2, 0.25) is 0 Å². The molecule has 2 fully saturated rings. The maximum atomic E-state index is 13.8. The van der Waals surface area contributed by atoms with Gasteiger partial charge in [-0.3, -0.25) is 4.79 Å². The summed E-state index contributed by atoms with van der Waals surface area (Å²) < 4.78 is 40.2. The summed E-state index contributed by atoms with van der Waals surface area (Å²) in [5.74, 6) is -2.45. The molecule has 0 spiro atoms. The topological polar surface area (TPSA) is 79.8 Å². The van der Waals surface area contributed by atoms with Crippen LogP contribution in [-0.2, 0) is 0 Å². The number of allylic oxidation sites excluding steroid dienone is 1. The van der Waals surface area contributed by atoms with Gasteiger partial charge >= 0.3 is 0 Å². The lowest BCUT2D eigenvalue weighted by Gasteiger charge is -2.43. The number of piperidine rings is 2. The third-order valence-corrected chi connectivity index (χ3v) is 8.06. The van der Waals surface area contributed by atoms with Gasteiger partial charge in [0.05, 0.1) is 11.7 Å². The van der Waals surface area contributed by atoms with Crippen LogP contribution in [0.5, 0.6) is 0 Å². The average molecular weight is 528 g/mol. The molecule has 3 aromatic rings. The van der Waals surface area contributed by atoms with Crippen LogP contribution in [0.15, 0.2) is 54.9 Å². The Kier molecular flexibility index (Phi) is 7.61. The number of carbonyl (C=O) groups excluding carboxylic acids is 1. The first-order valence-electron chi connectivity index (χ1n) is 13.0. The van der Waals surface area contributed by atoms with E-state index in [2.05, 4.69) is 9.88 Å². The number of aromatic nitrogens is 1. The van der Waals surface area contributed by atoms with Gasteiger partial charge < -0.3 is 25.0 Å². The van der Waals surface area contributed by atoms with E-state index in [0.29, 0.717) is 38.4 Å². The molecule has 1 aromatic heterocycles. The highest BCUT2D eigenvalue weighted by Gasteiger charge is 2.39. The number of ketones is 1. The summed E-state index contributed by atoms with van der Waals surface area (Å²) in [4.78, 5) is 19.5. The lowest BCUT2D eigenvalue weighted by molar-refractivity contribution is -0.114. The van der Waals surface area contributed by atoms with Crippen molar-refractivity contribution in [2.75, 3.05) is 32.7 Å². The number of nitrogens with one attached hydrogen (secondary N) is 1. The van der Waals surface area contributed by atoms with Gasteiger partial charge in [-0.1, -0.05) is 0 Å². The minimum Gasteiger partial charge on any atom is -0.389 e. The molecular formula is C29H32F3N3O3. The van der Waals surface area contributed by atoms with Gasteiger partial charge in [-0.15, -0.1) is 0 Å². The number of fused-ring (bicyclic) bond motifs is 1. The number of nitrogens with zero attached hydrogens (tertiary/aromatic N) is 2. The smallest absolute Gasteiger partial charge is 0.187 e. The van der Waals surface area contributed by atoms with E-state index in [1.807, 2.05) is 11.1 Å². The molecule has 0 amide bonds. The summed E-state index contributed by atoms with van der Waals surface area (Å²) in [7, 11) is 0. The highest BCUT2D eigenvalue weighted by Crippen LogP contribution is 2.34. The lowest BCUT2D eigenvalue weighted by Crippen LogP contribution is -2.54. The van der Waals surface area contributed by atoms with Crippen molar-refractivity contribution in [2.45, 2.75) is 43.3 Å². The highest BCUT2D eigenvalue weighted by atomic mass is 19.2. The van der Waals surface area contributed by atoms with E-state index >= 15 is 0 Å². The zero-order chi connectivity index (χ0) is 26.9. The fourth-order valence-electron chi connectivity index (χ4n) is 5.61. The molecule has 9 heteroatoms. The quantitative estimate of drug-likeness (QED) is 0.315. The molecule has 1 atom stereocenters. The van der Waals surface area contributed by atoms with Crippen LogP contribution in [0.3, 0.4) is 0 Å². The molecule has 38 heavy (non-hydrogen) atoms. The average Bonchev–Trinajstić information content (AvgIpc) is 3.33. The Morgan fingerprint density at radius 1 is 1.05 bits per heavy atom. The number of likely N-dealkylation sites (tertiary alicyclic amines) is 2. The van der Waals surface area contributed by atoms with E-state index < -0.39 is 29.1 Å². The number of hydrogen-bond donors (Lipinski definition) is 3. The van der Waals surface area contributed by atoms with Gasteiger partial charge in [-0.25, -0.2) is 13.2 Å². The van der Waals surface area contributed by atoms with Crippen LogP contribution < -0.4 is 0 Å². The first-order valence-corrected chi connectivity index (χ1v) is 13.0. The normalized spacial score (nSPS) is 19.9. The number of benzene rings is 2. The van der Waals surface area contributed by atoms with Crippen molar-refractivity contribution < 1.29 is 28.2 Å². The lowest BCUT2D eigenvalue weighted by atomic mass is 9.84. The Hall–Kier alpha value is -3.14. The fraction of sp³-hybridized carbons (Fsp3) is 0.414. The molecule has 0 bridgehead atoms. The van der Waals surface area contributed by atoms with Crippen LogP contribution in [0, 0.1) is 17.5 Å². The number of H-pyrrole nitrogens is 1. The Labute approximate surface area is 219 Å². The molecule has 2 aromatic carbocycles. The van der Waals surface area contributed by atoms with Gasteiger partial charge in [0.15, 0.2) is 17.4 Å². The van der Waals surface area contributed by atoms with E-state index in [0.717, 1.165) is 54.5 Å². The molecule has 0 aliphatic carbocycles. The largest absolute Gasteiger partial charge is 0.389 e. The molecular weight excluding hydrogens is 495 g/mol. The second-order valence-electron chi connectivity index (χ2n) is 10.5. The van der Waals surface area contributed by atoms with E-state index in [9.17, 15) is 28.2 Å². The van der Waals surface area contributed by atoms with Gasteiger partial charge in [0.1, 0.15) is 5.82 Å². The minimum absolute atomic E-state index is 0.0599. The first kappa shape index (κ1) is 26.5. The van der Waals surface area contributed by atoms with Crippen LogP contribution in [0.1, 0.15) is 47.5 Å². The van der Waals surface area contributed by atoms with E-state index in [4.69, 9.17) is 0 Å². The molecule has 1 unspecified atom stereocenters. The molecule has 5 rings (SSSR count). The SMILES string of the molecule is O=C(C=CN1CCC(O)(C(O)CN2CCC(c3c[nH]c4ccc(F)cc34)CC2)CC1)c1ccc(F)c(F)c1. The van der Waals surface area contributed by atoms with Gasteiger partial charge in [0.25, 0.3) is 0 Å². The van der Waals surface area contributed by atoms with Crippen molar-refractivity contribution in [2.24, 2.45) is 0 Å². The van der Waals surface area contributed by atoms with Crippen LogP contribution in [0.2, 0.25) is 0 Å². The van der Waals surface area contributed by atoms with Crippen LogP contribution in [0.25, 0.3) is 10.9 Å². The zero-order valence-corrected chi connectivity index (χ0v) is 21.0. The van der Waals surface area contributed by atoms with E-state index in [1.54, 1.807) is 18.3 Å². The second-order valence-corrected chi connectivity index (χ2v) is 10.5. The Morgan fingerprint density at radius 2 is 1.79 bits per heavy atom. The van der Waals surface area contributed by atoms with Crippen LogP contribution in [-0.4, -0.2) is 75.2 Å². The van der Waals surface area contributed by atoms with Crippen molar-refractivity contribution in [3.8, 4) is 0 Å². The maximum Gasteiger partial charge on any atom is 0.187 e. The predicted octanol–water partition coefficient (Wildman–Crippen LogP) is 4.35. The molecule has 2 aliphatic rings. The molecule has 2 aliphatic heterocycles. The number of carbonyl (C=O) groups is 1. The van der Waals surface area contributed by atoms with Crippen molar-refractivity contribution >= 4 is 16.7 Å². The number of aliphatic hydroxyl groups is 2. The van der Waals surface area contributed by atoms with Crippen molar-refractivity contribution in [1.82, 2.24) is 14.8 Å². The number of hydrogen-bond acceptors (Lipinski definition) is 5. The molecule has 0 saturated carbocycles. The molecule has 6 nitrogen and oxygen atoms in total. The monoisotopic (exact) mass is 527 g/mol. The third-order valence-electron chi connectivity index (χ3n) is 8.06. The maximum absolute atomic E-state index is 13.8. The summed E-state index contributed by atoms with van der Waals surface area (Å²) in [5.41, 5.74) is 0.891. The summed E-state index contributed by atoms with van der Waals surface area (Å²) in [6.07, 6.45) is 6.42. The first-order chi connectivity index (χ1) is 18.2. The molecule has 202 valence electrons. The van der Waals surface area contributed by atoms with Crippen molar-refractivity contribution in [3.63, 3.8) is 0 Å². The minimum atomic E-state index is -1.22. The second kappa shape index (κ2) is 10.9. The van der Waals surface area contributed by atoms with E-state index in [1.165, 1.54) is 18.2 Å². The summed E-state index contributed by atoms with van der Waals surface area (Å²) in [5, 5.41) is 23.0. The number of β-amino-alcohol motifs (C(OH)–C–C–N with tert-alkyl or cyclic N) is 1.